The standard InChI is InChI=1S/C12H16O4/c1-8-4-3-5-10(12(14)15)11(8)16-7-6-9(2)13/h3-5,9,13H,6-7H2,1-2H3,(H,14,15). The van der Waals surface area contributed by atoms with Crippen LogP contribution in [0.4, 0.5) is 0 Å². The molecule has 88 valence electrons. The number of benzene rings is 1. The monoisotopic (exact) mass is 224 g/mol. The van der Waals surface area contributed by atoms with E-state index in [1.165, 1.54) is 6.07 Å². The van der Waals surface area contributed by atoms with Crippen LogP contribution in [0.1, 0.15) is 29.3 Å². The van der Waals surface area contributed by atoms with Crippen LogP contribution in [0, 0.1) is 6.92 Å². The molecule has 4 nitrogen and oxygen atoms in total. The van der Waals surface area contributed by atoms with Crippen LogP contribution in [0.15, 0.2) is 18.2 Å². The molecule has 1 aromatic carbocycles. The molecule has 0 radical (unpaired) electrons. The smallest absolute Gasteiger partial charge is 0.339 e. The number of carbonyl (C=O) groups is 1. The lowest BCUT2D eigenvalue weighted by Gasteiger charge is -2.12. The molecule has 2 N–H and O–H groups in total. The highest BCUT2D eigenvalue weighted by Crippen LogP contribution is 2.23. The second-order valence-corrected chi connectivity index (χ2v) is 3.74. The zero-order valence-electron chi connectivity index (χ0n) is 9.43. The van der Waals surface area contributed by atoms with Crippen molar-refractivity contribution in [1.29, 1.82) is 0 Å². The first-order valence-corrected chi connectivity index (χ1v) is 5.16. The lowest BCUT2D eigenvalue weighted by Crippen LogP contribution is -2.10. The van der Waals surface area contributed by atoms with E-state index < -0.39 is 12.1 Å². The van der Waals surface area contributed by atoms with Gasteiger partial charge in [0.05, 0.1) is 12.7 Å². The summed E-state index contributed by atoms with van der Waals surface area (Å²) in [6.07, 6.45) is 0.0326. The number of carboxylic acid groups (broad SMARTS) is 1. The molecule has 1 aromatic rings. The molecule has 0 spiro atoms. The predicted octanol–water partition coefficient (Wildman–Crippen LogP) is 1.84. The Labute approximate surface area is 94.5 Å². The Balaban J connectivity index is 2.80. The van der Waals surface area contributed by atoms with Gasteiger partial charge in [0.15, 0.2) is 0 Å². The van der Waals surface area contributed by atoms with E-state index in [1.54, 1.807) is 26.0 Å². The number of para-hydroxylation sites is 1. The van der Waals surface area contributed by atoms with Crippen molar-refractivity contribution in [1.82, 2.24) is 0 Å². The minimum atomic E-state index is -1.00. The lowest BCUT2D eigenvalue weighted by atomic mass is 10.1. The molecular weight excluding hydrogens is 208 g/mol. The molecule has 0 saturated carbocycles. The van der Waals surface area contributed by atoms with Gasteiger partial charge in [-0.15, -0.1) is 0 Å². The summed E-state index contributed by atoms with van der Waals surface area (Å²) in [5, 5.41) is 18.1. The Morgan fingerprint density at radius 2 is 2.19 bits per heavy atom. The molecule has 1 atom stereocenters. The molecule has 0 heterocycles. The van der Waals surface area contributed by atoms with E-state index in [-0.39, 0.29) is 5.56 Å². The van der Waals surface area contributed by atoms with Crippen LogP contribution in [-0.2, 0) is 0 Å². The van der Waals surface area contributed by atoms with Gasteiger partial charge in [0, 0.05) is 6.42 Å². The van der Waals surface area contributed by atoms with Crippen LogP contribution in [0.25, 0.3) is 0 Å². The van der Waals surface area contributed by atoms with Crippen molar-refractivity contribution in [2.24, 2.45) is 0 Å². The summed E-state index contributed by atoms with van der Waals surface area (Å²) in [7, 11) is 0. The molecule has 0 aromatic heterocycles. The fourth-order valence-corrected chi connectivity index (χ4v) is 1.34. The van der Waals surface area contributed by atoms with Crippen LogP contribution in [0.5, 0.6) is 5.75 Å². The second-order valence-electron chi connectivity index (χ2n) is 3.74. The van der Waals surface area contributed by atoms with Crippen LogP contribution in [0.3, 0.4) is 0 Å². The van der Waals surface area contributed by atoms with Gasteiger partial charge in [0.1, 0.15) is 11.3 Å². The van der Waals surface area contributed by atoms with Crippen LogP contribution >= 0.6 is 0 Å². The van der Waals surface area contributed by atoms with E-state index in [2.05, 4.69) is 0 Å². The average molecular weight is 224 g/mol. The highest BCUT2D eigenvalue weighted by molar-refractivity contribution is 5.91. The third kappa shape index (κ3) is 3.24. The first kappa shape index (κ1) is 12.5. The number of aromatic carboxylic acids is 1. The number of rotatable bonds is 5. The second kappa shape index (κ2) is 5.51. The van der Waals surface area contributed by atoms with Crippen LogP contribution in [-0.4, -0.2) is 28.9 Å². The fraction of sp³-hybridized carbons (Fsp3) is 0.417. The van der Waals surface area contributed by atoms with Crippen molar-refractivity contribution in [2.75, 3.05) is 6.61 Å². The molecule has 4 heteroatoms. The summed E-state index contributed by atoms with van der Waals surface area (Å²) in [5.74, 6) is -0.619. The molecular formula is C12H16O4. The van der Waals surface area contributed by atoms with E-state index in [9.17, 15) is 4.79 Å². The van der Waals surface area contributed by atoms with Crippen molar-refractivity contribution in [2.45, 2.75) is 26.4 Å². The number of ether oxygens (including phenoxy) is 1. The number of carboxylic acids is 1. The molecule has 0 fully saturated rings. The van der Waals surface area contributed by atoms with Gasteiger partial charge in [0.2, 0.25) is 0 Å². The Kier molecular flexibility index (Phi) is 4.31. The van der Waals surface area contributed by atoms with E-state index in [4.69, 9.17) is 14.9 Å². The zero-order valence-corrected chi connectivity index (χ0v) is 9.43. The Bertz CT molecular complexity index is 371. The predicted molar refractivity (Wildman–Crippen MR) is 59.9 cm³/mol. The number of hydrogen-bond donors (Lipinski definition) is 2. The highest BCUT2D eigenvalue weighted by Gasteiger charge is 2.13. The zero-order chi connectivity index (χ0) is 12.1. The average Bonchev–Trinajstić information content (AvgIpc) is 2.19. The van der Waals surface area contributed by atoms with Crippen LogP contribution in [0.2, 0.25) is 0 Å². The van der Waals surface area contributed by atoms with E-state index >= 15 is 0 Å². The van der Waals surface area contributed by atoms with Gasteiger partial charge in [0.25, 0.3) is 0 Å². The van der Waals surface area contributed by atoms with Crippen molar-refractivity contribution in [3.05, 3.63) is 29.3 Å². The number of aliphatic hydroxyl groups excluding tert-OH is 1. The molecule has 0 saturated heterocycles. The van der Waals surface area contributed by atoms with Gasteiger partial charge in [-0.3, -0.25) is 0 Å². The minimum Gasteiger partial charge on any atom is -0.492 e. The molecule has 1 rings (SSSR count). The number of aryl methyl sites for hydroxylation is 1. The highest BCUT2D eigenvalue weighted by atomic mass is 16.5. The lowest BCUT2D eigenvalue weighted by molar-refractivity contribution is 0.0691. The summed E-state index contributed by atoms with van der Waals surface area (Å²) < 4.78 is 5.40. The van der Waals surface area contributed by atoms with Gasteiger partial charge >= 0.3 is 5.97 Å². The summed E-state index contributed by atoms with van der Waals surface area (Å²) in [6.45, 7) is 3.77. The van der Waals surface area contributed by atoms with Crippen molar-refractivity contribution < 1.29 is 19.7 Å². The molecule has 0 amide bonds. The van der Waals surface area contributed by atoms with Crippen LogP contribution < -0.4 is 4.74 Å². The van der Waals surface area contributed by atoms with Gasteiger partial charge in [-0.25, -0.2) is 4.79 Å². The SMILES string of the molecule is Cc1cccc(C(=O)O)c1OCCC(C)O. The molecule has 16 heavy (non-hydrogen) atoms. The summed E-state index contributed by atoms with van der Waals surface area (Å²) >= 11 is 0. The molecule has 0 aliphatic rings. The normalized spacial score (nSPS) is 12.2. The summed E-state index contributed by atoms with van der Waals surface area (Å²) in [6, 6.07) is 4.98. The van der Waals surface area contributed by atoms with Gasteiger partial charge in [-0.1, -0.05) is 12.1 Å². The summed E-state index contributed by atoms with van der Waals surface area (Å²) in [5.41, 5.74) is 0.941. The van der Waals surface area contributed by atoms with Gasteiger partial charge in [-0.05, 0) is 25.5 Å². The van der Waals surface area contributed by atoms with E-state index in [0.29, 0.717) is 18.8 Å². The minimum absolute atomic E-state index is 0.158. The Hall–Kier alpha value is -1.55. The first-order chi connectivity index (χ1) is 7.52. The maximum atomic E-state index is 10.9. The Morgan fingerprint density at radius 3 is 2.75 bits per heavy atom. The first-order valence-electron chi connectivity index (χ1n) is 5.16. The van der Waals surface area contributed by atoms with Crippen molar-refractivity contribution >= 4 is 5.97 Å². The third-order valence-electron chi connectivity index (χ3n) is 2.22. The quantitative estimate of drug-likeness (QED) is 0.800. The molecule has 0 bridgehead atoms. The molecule has 1 unspecified atom stereocenters. The van der Waals surface area contributed by atoms with E-state index in [1.807, 2.05) is 0 Å². The molecule has 0 aliphatic heterocycles. The topological polar surface area (TPSA) is 66.8 Å². The third-order valence-corrected chi connectivity index (χ3v) is 2.22. The summed E-state index contributed by atoms with van der Waals surface area (Å²) in [4.78, 5) is 10.9. The van der Waals surface area contributed by atoms with Crippen molar-refractivity contribution in [3.63, 3.8) is 0 Å². The molecule has 0 aliphatic carbocycles. The maximum absolute atomic E-state index is 10.9. The fourth-order valence-electron chi connectivity index (χ4n) is 1.34. The van der Waals surface area contributed by atoms with Gasteiger partial charge in [-0.2, -0.15) is 0 Å². The van der Waals surface area contributed by atoms with Gasteiger partial charge < -0.3 is 14.9 Å². The van der Waals surface area contributed by atoms with E-state index in [0.717, 1.165) is 5.56 Å². The number of aliphatic hydroxyl groups is 1. The number of hydrogen-bond acceptors (Lipinski definition) is 3. The largest absolute Gasteiger partial charge is 0.492 e. The van der Waals surface area contributed by atoms with Crippen molar-refractivity contribution in [3.8, 4) is 5.75 Å². The maximum Gasteiger partial charge on any atom is 0.339 e. The Morgan fingerprint density at radius 1 is 1.50 bits per heavy atom.